The van der Waals surface area contributed by atoms with Gasteiger partial charge in [-0.2, -0.15) is 0 Å². The third kappa shape index (κ3) is 2.85. The van der Waals surface area contributed by atoms with Crippen molar-refractivity contribution in [2.75, 3.05) is 0 Å². The largest absolute Gasteiger partial charge is 0.419 e. The molecule has 0 aliphatic rings. The number of halogens is 1. The number of Topliss-reactive ketones (excluding diaryl/α,β-unsaturated/α-hetero) is 1. The van der Waals surface area contributed by atoms with E-state index in [4.69, 9.17) is 4.74 Å². The highest BCUT2D eigenvalue weighted by Crippen LogP contribution is 2.24. The van der Waals surface area contributed by atoms with Crippen LogP contribution < -0.4 is 4.74 Å². The third-order valence-electron chi connectivity index (χ3n) is 2.55. The SMILES string of the molecule is CC(=O)c1cccc(F)c1OC(=O)c1ccccc1. The number of para-hydroxylation sites is 1. The predicted molar refractivity (Wildman–Crippen MR) is 67.8 cm³/mol. The van der Waals surface area contributed by atoms with E-state index in [1.54, 1.807) is 30.3 Å². The standard InChI is InChI=1S/C15H11FO3/c1-10(17)12-8-5-9-13(16)14(12)19-15(18)11-6-3-2-4-7-11/h2-9H,1H3. The van der Waals surface area contributed by atoms with E-state index in [9.17, 15) is 14.0 Å². The van der Waals surface area contributed by atoms with E-state index in [0.29, 0.717) is 5.56 Å². The van der Waals surface area contributed by atoms with Crippen LogP contribution in [0.2, 0.25) is 0 Å². The van der Waals surface area contributed by atoms with Gasteiger partial charge in [0.15, 0.2) is 17.3 Å². The fourth-order valence-corrected chi connectivity index (χ4v) is 1.62. The van der Waals surface area contributed by atoms with E-state index in [1.165, 1.54) is 19.1 Å². The lowest BCUT2D eigenvalue weighted by Crippen LogP contribution is -2.12. The number of esters is 1. The van der Waals surface area contributed by atoms with E-state index >= 15 is 0 Å². The summed E-state index contributed by atoms with van der Waals surface area (Å²) in [6, 6.07) is 12.1. The van der Waals surface area contributed by atoms with Crippen LogP contribution in [-0.2, 0) is 0 Å². The Balaban J connectivity index is 2.34. The lowest BCUT2D eigenvalue weighted by atomic mass is 10.1. The molecule has 0 atom stereocenters. The van der Waals surface area contributed by atoms with Crippen molar-refractivity contribution >= 4 is 11.8 Å². The summed E-state index contributed by atoms with van der Waals surface area (Å²) in [5, 5.41) is 0. The van der Waals surface area contributed by atoms with Gasteiger partial charge in [-0.15, -0.1) is 0 Å². The Hall–Kier alpha value is -2.49. The molecule has 0 unspecified atom stereocenters. The first-order valence-corrected chi connectivity index (χ1v) is 5.66. The average molecular weight is 258 g/mol. The van der Waals surface area contributed by atoms with Crippen LogP contribution in [0.25, 0.3) is 0 Å². The van der Waals surface area contributed by atoms with Gasteiger partial charge >= 0.3 is 5.97 Å². The van der Waals surface area contributed by atoms with Crippen LogP contribution in [0.5, 0.6) is 5.75 Å². The second-order valence-electron chi connectivity index (χ2n) is 3.93. The van der Waals surface area contributed by atoms with Crippen LogP contribution in [0.3, 0.4) is 0 Å². The molecular formula is C15H11FO3. The maximum Gasteiger partial charge on any atom is 0.343 e. The third-order valence-corrected chi connectivity index (χ3v) is 2.55. The second-order valence-corrected chi connectivity index (χ2v) is 3.93. The van der Waals surface area contributed by atoms with Crippen molar-refractivity contribution < 1.29 is 18.7 Å². The highest BCUT2D eigenvalue weighted by Gasteiger charge is 2.17. The van der Waals surface area contributed by atoms with Crippen molar-refractivity contribution in [3.63, 3.8) is 0 Å². The number of rotatable bonds is 3. The summed E-state index contributed by atoms with van der Waals surface area (Å²) in [5.41, 5.74) is 0.338. The van der Waals surface area contributed by atoms with E-state index in [1.807, 2.05) is 0 Å². The first kappa shape index (κ1) is 13.0. The molecule has 0 N–H and O–H groups in total. The number of ketones is 1. The minimum atomic E-state index is -0.739. The van der Waals surface area contributed by atoms with Crippen LogP contribution in [0.4, 0.5) is 4.39 Å². The van der Waals surface area contributed by atoms with Crippen molar-refractivity contribution in [1.29, 1.82) is 0 Å². The summed E-state index contributed by atoms with van der Waals surface area (Å²) >= 11 is 0. The van der Waals surface area contributed by atoms with E-state index in [0.717, 1.165) is 6.07 Å². The van der Waals surface area contributed by atoms with Crippen LogP contribution >= 0.6 is 0 Å². The Bertz CT molecular complexity index is 621. The number of hydrogen-bond donors (Lipinski definition) is 0. The zero-order valence-electron chi connectivity index (χ0n) is 10.2. The summed E-state index contributed by atoms with van der Waals surface area (Å²) in [5.74, 6) is -2.13. The van der Waals surface area contributed by atoms with Crippen molar-refractivity contribution in [2.24, 2.45) is 0 Å². The molecule has 19 heavy (non-hydrogen) atoms. The van der Waals surface area contributed by atoms with Gasteiger partial charge in [-0.3, -0.25) is 4.79 Å². The summed E-state index contributed by atoms with van der Waals surface area (Å²) in [7, 11) is 0. The van der Waals surface area contributed by atoms with Crippen molar-refractivity contribution in [1.82, 2.24) is 0 Å². The zero-order chi connectivity index (χ0) is 13.8. The van der Waals surface area contributed by atoms with E-state index in [-0.39, 0.29) is 17.1 Å². The number of carbonyl (C=O) groups is 2. The van der Waals surface area contributed by atoms with Gasteiger partial charge in [0.2, 0.25) is 0 Å². The minimum Gasteiger partial charge on any atom is -0.419 e. The molecule has 96 valence electrons. The van der Waals surface area contributed by atoms with Crippen LogP contribution in [0.15, 0.2) is 48.5 Å². The van der Waals surface area contributed by atoms with Crippen LogP contribution in [0, 0.1) is 5.82 Å². The molecule has 4 heteroatoms. The Kier molecular flexibility index (Phi) is 3.71. The van der Waals surface area contributed by atoms with Crippen LogP contribution in [-0.4, -0.2) is 11.8 Å². The molecule has 2 aromatic carbocycles. The number of ether oxygens (including phenoxy) is 1. The molecule has 0 fully saturated rings. The van der Waals surface area contributed by atoms with Gasteiger partial charge in [-0.25, -0.2) is 9.18 Å². The molecule has 0 aliphatic carbocycles. The molecule has 0 saturated carbocycles. The molecule has 3 nitrogen and oxygen atoms in total. The Morgan fingerprint density at radius 2 is 1.68 bits per heavy atom. The predicted octanol–water partition coefficient (Wildman–Crippen LogP) is 3.25. The molecule has 2 aromatic rings. The van der Waals surface area contributed by atoms with Gasteiger partial charge in [0.25, 0.3) is 0 Å². The molecule has 0 radical (unpaired) electrons. The fourth-order valence-electron chi connectivity index (χ4n) is 1.62. The smallest absolute Gasteiger partial charge is 0.343 e. The topological polar surface area (TPSA) is 43.4 Å². The number of benzene rings is 2. The normalized spacial score (nSPS) is 10.0. The zero-order valence-corrected chi connectivity index (χ0v) is 10.2. The lowest BCUT2D eigenvalue weighted by Gasteiger charge is -2.08. The molecule has 0 aromatic heterocycles. The Morgan fingerprint density at radius 3 is 2.32 bits per heavy atom. The monoisotopic (exact) mass is 258 g/mol. The quantitative estimate of drug-likeness (QED) is 0.482. The molecule has 0 aliphatic heterocycles. The Labute approximate surface area is 109 Å². The molecule has 0 saturated heterocycles. The van der Waals surface area contributed by atoms with Gasteiger partial charge in [0.05, 0.1) is 11.1 Å². The molecular weight excluding hydrogens is 247 g/mol. The highest BCUT2D eigenvalue weighted by molar-refractivity contribution is 5.99. The van der Waals surface area contributed by atoms with Gasteiger partial charge in [0, 0.05) is 0 Å². The Morgan fingerprint density at radius 1 is 1.00 bits per heavy atom. The maximum atomic E-state index is 13.7. The van der Waals surface area contributed by atoms with E-state index < -0.39 is 11.8 Å². The average Bonchev–Trinajstić information content (AvgIpc) is 2.41. The fraction of sp³-hybridized carbons (Fsp3) is 0.0667. The first-order chi connectivity index (χ1) is 9.09. The summed E-state index contributed by atoms with van der Waals surface area (Å²) in [4.78, 5) is 23.2. The van der Waals surface area contributed by atoms with Crippen molar-refractivity contribution in [2.45, 2.75) is 6.92 Å². The minimum absolute atomic E-state index is 0.0456. The molecule has 0 bridgehead atoms. The van der Waals surface area contributed by atoms with Crippen LogP contribution in [0.1, 0.15) is 27.6 Å². The maximum absolute atomic E-state index is 13.7. The number of carbonyl (C=O) groups excluding carboxylic acids is 2. The van der Waals surface area contributed by atoms with Gasteiger partial charge in [-0.1, -0.05) is 24.3 Å². The molecule has 0 heterocycles. The number of hydrogen-bond acceptors (Lipinski definition) is 3. The van der Waals surface area contributed by atoms with Gasteiger partial charge < -0.3 is 4.74 Å². The highest BCUT2D eigenvalue weighted by atomic mass is 19.1. The molecule has 0 amide bonds. The molecule has 0 spiro atoms. The summed E-state index contributed by atoms with van der Waals surface area (Å²) in [6.07, 6.45) is 0. The van der Waals surface area contributed by atoms with E-state index in [2.05, 4.69) is 0 Å². The van der Waals surface area contributed by atoms with Gasteiger partial charge in [-0.05, 0) is 31.2 Å². The molecule has 2 rings (SSSR count). The van der Waals surface area contributed by atoms with Gasteiger partial charge in [0.1, 0.15) is 0 Å². The summed E-state index contributed by atoms with van der Waals surface area (Å²) in [6.45, 7) is 1.29. The lowest BCUT2D eigenvalue weighted by molar-refractivity contribution is 0.0725. The second kappa shape index (κ2) is 5.44. The van der Waals surface area contributed by atoms with Crippen molar-refractivity contribution in [3.05, 3.63) is 65.5 Å². The first-order valence-electron chi connectivity index (χ1n) is 5.66. The summed E-state index contributed by atoms with van der Waals surface area (Å²) < 4.78 is 18.6. The van der Waals surface area contributed by atoms with Crippen molar-refractivity contribution in [3.8, 4) is 5.75 Å².